The molecule has 0 spiro atoms. The molecular formula is C28H29N3O3. The maximum atomic E-state index is 13.1. The van der Waals surface area contributed by atoms with Crippen LogP contribution >= 0.6 is 0 Å². The van der Waals surface area contributed by atoms with Crippen LogP contribution in [0.15, 0.2) is 72.8 Å². The maximum Gasteiger partial charge on any atom is 0.337 e. The van der Waals surface area contributed by atoms with E-state index in [0.717, 1.165) is 36.3 Å². The normalized spacial score (nSPS) is 13.9. The van der Waals surface area contributed by atoms with Gasteiger partial charge in [-0.05, 0) is 55.4 Å². The number of fused-ring (bicyclic) bond motifs is 1. The van der Waals surface area contributed by atoms with Crippen molar-refractivity contribution in [1.29, 1.82) is 0 Å². The van der Waals surface area contributed by atoms with Crippen LogP contribution in [-0.4, -0.2) is 37.5 Å². The van der Waals surface area contributed by atoms with Crippen molar-refractivity contribution in [2.24, 2.45) is 0 Å². The average Bonchev–Trinajstić information content (AvgIpc) is 3.18. The van der Waals surface area contributed by atoms with Crippen LogP contribution in [0.2, 0.25) is 0 Å². The third-order valence-corrected chi connectivity index (χ3v) is 5.78. The molecule has 1 aliphatic heterocycles. The lowest BCUT2D eigenvalue weighted by molar-refractivity contribution is -0.110. The van der Waals surface area contributed by atoms with Crippen LogP contribution in [0.4, 0.5) is 11.4 Å². The quantitative estimate of drug-likeness (QED) is 0.359. The van der Waals surface area contributed by atoms with Gasteiger partial charge in [-0.1, -0.05) is 55.5 Å². The number of carbonyl (C=O) groups is 2. The first kappa shape index (κ1) is 23.3. The smallest absolute Gasteiger partial charge is 0.337 e. The molecule has 1 amide bonds. The van der Waals surface area contributed by atoms with Crippen LogP contribution in [0, 0.1) is 0 Å². The molecule has 0 radical (unpaired) electrons. The molecule has 0 aromatic heterocycles. The minimum Gasteiger partial charge on any atom is -0.465 e. The molecule has 6 heteroatoms. The second kappa shape index (κ2) is 10.4. The molecule has 174 valence electrons. The minimum atomic E-state index is -0.444. The van der Waals surface area contributed by atoms with Gasteiger partial charge in [0.2, 0.25) is 0 Å². The lowest BCUT2D eigenvalue weighted by atomic mass is 9.99. The molecule has 2 N–H and O–H groups in total. The Bertz CT molecular complexity index is 1220. The predicted octanol–water partition coefficient (Wildman–Crippen LogP) is 5.25. The van der Waals surface area contributed by atoms with E-state index in [1.807, 2.05) is 42.5 Å². The van der Waals surface area contributed by atoms with Crippen molar-refractivity contribution in [3.05, 3.63) is 95.1 Å². The van der Waals surface area contributed by atoms with Crippen molar-refractivity contribution in [1.82, 2.24) is 4.90 Å². The number of ether oxygens (including phenoxy) is 1. The van der Waals surface area contributed by atoms with Crippen LogP contribution in [0.1, 0.15) is 40.4 Å². The second-order valence-electron chi connectivity index (χ2n) is 8.38. The molecule has 6 nitrogen and oxygen atoms in total. The van der Waals surface area contributed by atoms with Gasteiger partial charge in [-0.3, -0.25) is 4.79 Å². The monoisotopic (exact) mass is 455 g/mol. The number of methoxy groups -OCH3 is 1. The molecule has 1 aliphatic rings. The number of anilines is 2. The highest BCUT2D eigenvalue weighted by atomic mass is 16.5. The van der Waals surface area contributed by atoms with Crippen molar-refractivity contribution in [2.75, 3.05) is 31.3 Å². The Kier molecular flexibility index (Phi) is 7.09. The molecule has 3 aromatic rings. The van der Waals surface area contributed by atoms with Gasteiger partial charge in [0, 0.05) is 17.8 Å². The van der Waals surface area contributed by atoms with Crippen LogP contribution in [0.25, 0.3) is 11.3 Å². The first-order valence-electron chi connectivity index (χ1n) is 11.4. The van der Waals surface area contributed by atoms with E-state index in [9.17, 15) is 9.59 Å². The number of benzene rings is 3. The Labute approximate surface area is 200 Å². The van der Waals surface area contributed by atoms with Crippen molar-refractivity contribution in [3.8, 4) is 0 Å². The van der Waals surface area contributed by atoms with Crippen LogP contribution in [0.3, 0.4) is 0 Å². The summed E-state index contributed by atoms with van der Waals surface area (Å²) in [5.74, 6) is -0.665. The van der Waals surface area contributed by atoms with Crippen LogP contribution in [0.5, 0.6) is 0 Å². The number of nitrogens with zero attached hydrogens (tertiary/aromatic N) is 1. The number of hydrogen-bond acceptors (Lipinski definition) is 5. The van der Waals surface area contributed by atoms with E-state index in [1.165, 1.54) is 12.7 Å². The fraction of sp³-hybridized carbons (Fsp3) is 0.214. The molecule has 1 heterocycles. The number of nitrogens with one attached hydrogen (secondary N) is 2. The summed E-state index contributed by atoms with van der Waals surface area (Å²) in [5.41, 5.74) is 5.97. The van der Waals surface area contributed by atoms with E-state index in [1.54, 1.807) is 18.2 Å². The molecule has 0 bridgehead atoms. The SMILES string of the molecule is CCCN(C)Cc1ccc(NC(=C2C(=O)Nc3cc(C(=O)OC)ccc32)c2ccccc2)cc1. The Balaban J connectivity index is 1.71. The molecule has 0 fully saturated rings. The summed E-state index contributed by atoms with van der Waals surface area (Å²) in [6, 6.07) is 23.2. The standard InChI is InChI=1S/C28H29N3O3/c1-4-16-31(2)18-19-10-13-22(14-11-19)29-26(20-8-6-5-7-9-20)25-23-15-12-21(28(33)34-3)17-24(23)30-27(25)32/h5-15,17,29H,4,16,18H2,1-3H3,(H,30,32). The van der Waals surface area contributed by atoms with E-state index in [4.69, 9.17) is 4.74 Å². The van der Waals surface area contributed by atoms with Gasteiger partial charge >= 0.3 is 5.97 Å². The highest BCUT2D eigenvalue weighted by molar-refractivity contribution is 6.37. The molecular weight excluding hydrogens is 426 g/mol. The summed E-state index contributed by atoms with van der Waals surface area (Å²) in [5, 5.41) is 6.37. The van der Waals surface area contributed by atoms with Gasteiger partial charge in [-0.15, -0.1) is 0 Å². The zero-order valence-electron chi connectivity index (χ0n) is 19.7. The van der Waals surface area contributed by atoms with Gasteiger partial charge in [0.05, 0.1) is 29.6 Å². The Morgan fingerprint density at radius 1 is 1.00 bits per heavy atom. The molecule has 3 aromatic carbocycles. The third-order valence-electron chi connectivity index (χ3n) is 5.78. The number of rotatable bonds is 8. The van der Waals surface area contributed by atoms with Gasteiger partial charge in [0.1, 0.15) is 0 Å². The molecule has 0 saturated carbocycles. The molecule has 0 aliphatic carbocycles. The van der Waals surface area contributed by atoms with E-state index >= 15 is 0 Å². The average molecular weight is 456 g/mol. The lowest BCUT2D eigenvalue weighted by Crippen LogP contribution is -2.18. The van der Waals surface area contributed by atoms with Gasteiger partial charge < -0.3 is 20.3 Å². The molecule has 34 heavy (non-hydrogen) atoms. The first-order valence-corrected chi connectivity index (χ1v) is 11.4. The van der Waals surface area contributed by atoms with Gasteiger partial charge in [0.15, 0.2) is 0 Å². The number of esters is 1. The number of carbonyl (C=O) groups excluding carboxylic acids is 2. The summed E-state index contributed by atoms with van der Waals surface area (Å²) in [6.45, 7) is 4.12. The van der Waals surface area contributed by atoms with E-state index < -0.39 is 5.97 Å². The summed E-state index contributed by atoms with van der Waals surface area (Å²) >= 11 is 0. The number of amides is 1. The summed E-state index contributed by atoms with van der Waals surface area (Å²) in [6.07, 6.45) is 1.12. The van der Waals surface area contributed by atoms with Crippen LogP contribution < -0.4 is 10.6 Å². The molecule has 0 unspecified atom stereocenters. The highest BCUT2D eigenvalue weighted by Gasteiger charge is 2.29. The predicted molar refractivity (Wildman–Crippen MR) is 136 cm³/mol. The first-order chi connectivity index (χ1) is 16.5. The van der Waals surface area contributed by atoms with E-state index in [0.29, 0.717) is 22.5 Å². The third kappa shape index (κ3) is 5.02. The van der Waals surface area contributed by atoms with Crippen molar-refractivity contribution in [3.63, 3.8) is 0 Å². The van der Waals surface area contributed by atoms with E-state index in [2.05, 4.69) is 41.6 Å². The van der Waals surface area contributed by atoms with Crippen LogP contribution in [-0.2, 0) is 16.1 Å². The Morgan fingerprint density at radius 3 is 2.41 bits per heavy atom. The van der Waals surface area contributed by atoms with Crippen molar-refractivity contribution < 1.29 is 14.3 Å². The molecule has 0 atom stereocenters. The Hall–Kier alpha value is -3.90. The van der Waals surface area contributed by atoms with Gasteiger partial charge in [0.25, 0.3) is 5.91 Å². The van der Waals surface area contributed by atoms with Gasteiger partial charge in [-0.25, -0.2) is 4.79 Å². The fourth-order valence-corrected chi connectivity index (χ4v) is 4.16. The second-order valence-corrected chi connectivity index (χ2v) is 8.38. The highest BCUT2D eigenvalue weighted by Crippen LogP contribution is 2.38. The summed E-state index contributed by atoms with van der Waals surface area (Å²) in [4.78, 5) is 27.3. The molecule has 0 saturated heterocycles. The number of hydrogen-bond donors (Lipinski definition) is 2. The largest absolute Gasteiger partial charge is 0.465 e. The fourth-order valence-electron chi connectivity index (χ4n) is 4.16. The zero-order valence-corrected chi connectivity index (χ0v) is 19.7. The topological polar surface area (TPSA) is 70.7 Å². The maximum absolute atomic E-state index is 13.1. The van der Waals surface area contributed by atoms with Crippen molar-refractivity contribution in [2.45, 2.75) is 19.9 Å². The minimum absolute atomic E-state index is 0.221. The Morgan fingerprint density at radius 2 is 1.74 bits per heavy atom. The summed E-state index contributed by atoms with van der Waals surface area (Å²) < 4.78 is 4.81. The summed E-state index contributed by atoms with van der Waals surface area (Å²) in [7, 11) is 3.46. The molecule has 4 rings (SSSR count). The van der Waals surface area contributed by atoms with E-state index in [-0.39, 0.29) is 5.91 Å². The lowest BCUT2D eigenvalue weighted by Gasteiger charge is -2.17. The van der Waals surface area contributed by atoms with Crippen molar-refractivity contribution >= 4 is 34.5 Å². The zero-order chi connectivity index (χ0) is 24.1. The van der Waals surface area contributed by atoms with Gasteiger partial charge in [-0.2, -0.15) is 0 Å².